The Bertz CT molecular complexity index is 942. The van der Waals surface area contributed by atoms with Crippen molar-refractivity contribution in [3.63, 3.8) is 0 Å². The number of nitrogens with zero attached hydrogens (tertiary/aromatic N) is 2. The van der Waals surface area contributed by atoms with Crippen LogP contribution in [0.3, 0.4) is 0 Å². The quantitative estimate of drug-likeness (QED) is 0.739. The number of ether oxygens (including phenoxy) is 2. The summed E-state index contributed by atoms with van der Waals surface area (Å²) in [5, 5.41) is 8.33. The molecule has 174 valence electrons. The average Bonchev–Trinajstić information content (AvgIpc) is 3.56. The Labute approximate surface area is 184 Å². The van der Waals surface area contributed by atoms with E-state index in [4.69, 9.17) is 24.4 Å². The molecule has 3 fully saturated rings. The first kappa shape index (κ1) is 22.9. The monoisotopic (exact) mass is 452 g/mol. The van der Waals surface area contributed by atoms with E-state index in [-0.39, 0.29) is 5.60 Å². The average molecular weight is 452 g/mol. The molecule has 6 nitrogen and oxygen atoms in total. The maximum Gasteiger partial charge on any atom is 0.490 e. The van der Waals surface area contributed by atoms with Crippen molar-refractivity contribution in [1.29, 1.82) is 0 Å². The summed E-state index contributed by atoms with van der Waals surface area (Å²) >= 11 is 0. The molecule has 0 amide bonds. The van der Waals surface area contributed by atoms with Crippen LogP contribution in [0.5, 0.6) is 0 Å². The van der Waals surface area contributed by atoms with Gasteiger partial charge in [0.05, 0.1) is 22.9 Å². The number of carboxylic acids is 1. The van der Waals surface area contributed by atoms with Crippen LogP contribution in [0.4, 0.5) is 13.2 Å². The lowest BCUT2D eigenvalue weighted by Gasteiger charge is -2.53. The third-order valence-corrected chi connectivity index (χ3v) is 6.02. The van der Waals surface area contributed by atoms with Crippen molar-refractivity contribution in [2.24, 2.45) is 5.92 Å². The summed E-state index contributed by atoms with van der Waals surface area (Å²) in [6.45, 7) is 4.72. The highest BCUT2D eigenvalue weighted by Crippen LogP contribution is 2.37. The van der Waals surface area contributed by atoms with E-state index >= 15 is 0 Å². The first-order chi connectivity index (χ1) is 15.2. The highest BCUT2D eigenvalue weighted by atomic mass is 19.4. The lowest BCUT2D eigenvalue weighted by atomic mass is 9.84. The fraction of sp³-hybridized carbons (Fsp3) is 0.565. The first-order valence-electron chi connectivity index (χ1n) is 10.9. The Balaban J connectivity index is 0.000000307. The number of alkyl halides is 3. The zero-order valence-corrected chi connectivity index (χ0v) is 17.7. The number of benzene rings is 1. The second-order valence-electron chi connectivity index (χ2n) is 8.87. The number of carboxylic acid groups (broad SMARTS) is 1. The van der Waals surface area contributed by atoms with Crippen molar-refractivity contribution in [1.82, 2.24) is 9.88 Å². The zero-order valence-electron chi connectivity index (χ0n) is 17.7. The van der Waals surface area contributed by atoms with Gasteiger partial charge < -0.3 is 14.6 Å². The number of pyridine rings is 1. The molecule has 1 atom stereocenters. The molecule has 2 aromatic rings. The number of carbonyl (C=O) groups is 1. The van der Waals surface area contributed by atoms with E-state index in [1.54, 1.807) is 0 Å². The summed E-state index contributed by atoms with van der Waals surface area (Å²) in [7, 11) is 0. The van der Waals surface area contributed by atoms with E-state index in [1.165, 1.54) is 18.2 Å². The summed E-state index contributed by atoms with van der Waals surface area (Å²) in [6.07, 6.45) is 0.152. The van der Waals surface area contributed by atoms with E-state index in [2.05, 4.69) is 41.3 Å². The Morgan fingerprint density at radius 1 is 1.19 bits per heavy atom. The van der Waals surface area contributed by atoms with Crippen molar-refractivity contribution in [3.05, 3.63) is 42.1 Å². The molecular weight excluding hydrogens is 425 g/mol. The Morgan fingerprint density at radius 2 is 1.91 bits per heavy atom. The van der Waals surface area contributed by atoms with Gasteiger partial charge in [0.25, 0.3) is 0 Å². The number of aromatic nitrogens is 1. The van der Waals surface area contributed by atoms with Crippen LogP contribution in [0.2, 0.25) is 0 Å². The molecule has 9 heteroatoms. The lowest BCUT2D eigenvalue weighted by molar-refractivity contribution is -0.199. The Kier molecular flexibility index (Phi) is 6.69. The number of likely N-dealkylation sites (tertiary alicyclic amines) is 1. The standard InChI is InChI=1S/C21H26N2O2.C2HF3O2/c1-2-4-20-17(3-1)7-8-18(22-20)12-23-14-21(15-23)11-19(9-10-25-21)24-13-16-5-6-16;3-2(4,5)1(6)7/h1-4,7-8,16,19H,5-6,9-15H2;(H,6,7). The van der Waals surface area contributed by atoms with Crippen molar-refractivity contribution in [3.8, 4) is 0 Å². The van der Waals surface area contributed by atoms with Gasteiger partial charge >= 0.3 is 12.1 Å². The van der Waals surface area contributed by atoms with E-state index < -0.39 is 12.1 Å². The number of rotatable bonds is 5. The van der Waals surface area contributed by atoms with Crippen LogP contribution >= 0.6 is 0 Å². The maximum atomic E-state index is 10.6. The lowest BCUT2D eigenvalue weighted by Crippen LogP contribution is -2.65. The van der Waals surface area contributed by atoms with Crippen LogP contribution < -0.4 is 0 Å². The minimum atomic E-state index is -5.08. The fourth-order valence-electron chi connectivity index (χ4n) is 4.21. The minimum absolute atomic E-state index is 0.0311. The highest BCUT2D eigenvalue weighted by molar-refractivity contribution is 5.78. The van der Waals surface area contributed by atoms with Gasteiger partial charge in [0.1, 0.15) is 0 Å². The number of aliphatic carboxylic acids is 1. The summed E-state index contributed by atoms with van der Waals surface area (Å²) < 4.78 is 44.0. The van der Waals surface area contributed by atoms with Gasteiger partial charge in [-0.1, -0.05) is 24.3 Å². The van der Waals surface area contributed by atoms with Gasteiger partial charge in [-0.05, 0) is 37.3 Å². The van der Waals surface area contributed by atoms with Crippen LogP contribution in [-0.4, -0.2) is 65.1 Å². The van der Waals surface area contributed by atoms with E-state index in [0.717, 1.165) is 62.8 Å². The molecule has 1 aromatic heterocycles. The molecule has 3 aliphatic rings. The molecule has 1 unspecified atom stereocenters. The molecular formula is C23H27F3N2O4. The van der Waals surface area contributed by atoms with Crippen LogP contribution in [0, 0.1) is 5.92 Å². The number of halogens is 3. The van der Waals surface area contributed by atoms with Crippen molar-refractivity contribution in [2.75, 3.05) is 26.3 Å². The molecule has 32 heavy (non-hydrogen) atoms. The van der Waals surface area contributed by atoms with Gasteiger partial charge in [0, 0.05) is 44.7 Å². The molecule has 1 spiro atoms. The van der Waals surface area contributed by atoms with Crippen LogP contribution in [-0.2, 0) is 20.8 Å². The van der Waals surface area contributed by atoms with Crippen LogP contribution in [0.25, 0.3) is 10.9 Å². The number of hydrogen-bond acceptors (Lipinski definition) is 5. The van der Waals surface area contributed by atoms with Crippen molar-refractivity contribution in [2.45, 2.75) is 50.1 Å². The molecule has 1 saturated carbocycles. The maximum absolute atomic E-state index is 10.6. The Hall–Kier alpha value is -2.23. The summed E-state index contributed by atoms with van der Waals surface area (Å²) in [5.74, 6) is -1.91. The predicted octanol–water partition coefficient (Wildman–Crippen LogP) is 4.03. The predicted molar refractivity (Wildman–Crippen MR) is 111 cm³/mol. The molecule has 2 aliphatic heterocycles. The van der Waals surface area contributed by atoms with E-state index in [0.29, 0.717) is 6.10 Å². The molecule has 1 N–H and O–H groups in total. The second kappa shape index (κ2) is 9.33. The third-order valence-electron chi connectivity index (χ3n) is 6.02. The van der Waals surface area contributed by atoms with Crippen LogP contribution in [0.15, 0.2) is 36.4 Å². The SMILES string of the molecule is O=C(O)C(F)(F)F.c1ccc2nc(CN3CC4(CC(OCC5CC5)CCO4)C3)ccc2c1. The number of fused-ring (bicyclic) bond motifs is 1. The first-order valence-corrected chi connectivity index (χ1v) is 10.9. The van der Waals surface area contributed by atoms with E-state index in [9.17, 15) is 13.2 Å². The van der Waals surface area contributed by atoms with E-state index in [1.807, 2.05) is 0 Å². The molecule has 1 aromatic carbocycles. The summed E-state index contributed by atoms with van der Waals surface area (Å²) in [5.41, 5.74) is 2.26. The smallest absolute Gasteiger partial charge is 0.475 e. The molecule has 2 saturated heterocycles. The molecule has 1 aliphatic carbocycles. The van der Waals surface area contributed by atoms with Crippen LogP contribution in [0.1, 0.15) is 31.4 Å². The van der Waals surface area contributed by atoms with Gasteiger partial charge in [0.15, 0.2) is 0 Å². The molecule has 0 radical (unpaired) electrons. The van der Waals surface area contributed by atoms with Gasteiger partial charge in [-0.3, -0.25) is 9.88 Å². The Morgan fingerprint density at radius 3 is 2.59 bits per heavy atom. The summed E-state index contributed by atoms with van der Waals surface area (Å²) in [6, 6.07) is 12.6. The largest absolute Gasteiger partial charge is 0.490 e. The minimum Gasteiger partial charge on any atom is -0.475 e. The van der Waals surface area contributed by atoms with Gasteiger partial charge in [-0.2, -0.15) is 13.2 Å². The van der Waals surface area contributed by atoms with Crippen molar-refractivity contribution >= 4 is 16.9 Å². The molecule has 3 heterocycles. The topological polar surface area (TPSA) is 71.9 Å². The van der Waals surface area contributed by atoms with Gasteiger partial charge in [0.2, 0.25) is 0 Å². The van der Waals surface area contributed by atoms with Crippen molar-refractivity contribution < 1.29 is 32.5 Å². The number of hydrogen-bond donors (Lipinski definition) is 1. The summed E-state index contributed by atoms with van der Waals surface area (Å²) in [4.78, 5) is 16.1. The fourth-order valence-corrected chi connectivity index (χ4v) is 4.21. The third kappa shape index (κ3) is 5.96. The van der Waals surface area contributed by atoms with Gasteiger partial charge in [-0.25, -0.2) is 4.79 Å². The highest BCUT2D eigenvalue weighted by Gasteiger charge is 2.48. The second-order valence-corrected chi connectivity index (χ2v) is 8.87. The normalized spacial score (nSPS) is 22.8. The molecule has 0 bridgehead atoms. The number of para-hydroxylation sites is 1. The zero-order chi connectivity index (χ0) is 22.8. The molecule has 5 rings (SSSR count). The van der Waals surface area contributed by atoms with Gasteiger partial charge in [-0.15, -0.1) is 0 Å².